The van der Waals surface area contributed by atoms with E-state index < -0.39 is 0 Å². The quantitative estimate of drug-likeness (QED) is 0.742. The molecule has 0 aliphatic carbocycles. The van der Waals surface area contributed by atoms with Gasteiger partial charge in [0.15, 0.2) is 0 Å². The standard InChI is InChI=1S/C11H20BrN3/c1-4-10(12)11-8-15(14-13-11)7-5-6-9(2)3/h8-10H,4-7H2,1-3H3. The Morgan fingerprint density at radius 2 is 2.20 bits per heavy atom. The van der Waals surface area contributed by atoms with Crippen LogP contribution in [-0.2, 0) is 6.54 Å². The summed E-state index contributed by atoms with van der Waals surface area (Å²) in [6.45, 7) is 7.61. The molecule has 3 nitrogen and oxygen atoms in total. The molecule has 0 saturated carbocycles. The van der Waals surface area contributed by atoms with Crippen LogP contribution >= 0.6 is 15.9 Å². The number of halogens is 1. The molecule has 0 N–H and O–H groups in total. The molecule has 4 heteroatoms. The molecule has 0 saturated heterocycles. The number of alkyl halides is 1. The van der Waals surface area contributed by atoms with Gasteiger partial charge in [0.1, 0.15) is 0 Å². The Morgan fingerprint density at radius 1 is 1.47 bits per heavy atom. The molecule has 0 radical (unpaired) electrons. The molecular formula is C11H20BrN3. The first-order valence-corrected chi connectivity index (χ1v) is 6.59. The fourth-order valence-corrected chi connectivity index (χ4v) is 1.65. The maximum atomic E-state index is 4.15. The summed E-state index contributed by atoms with van der Waals surface area (Å²) in [6, 6.07) is 0. The molecule has 0 aliphatic rings. The normalized spacial score (nSPS) is 13.4. The van der Waals surface area contributed by atoms with E-state index in [1.165, 1.54) is 12.8 Å². The molecule has 1 rings (SSSR count). The molecule has 86 valence electrons. The van der Waals surface area contributed by atoms with Crippen LogP contribution in [0.5, 0.6) is 0 Å². The van der Waals surface area contributed by atoms with Crippen LogP contribution in [0.4, 0.5) is 0 Å². The fraction of sp³-hybridized carbons (Fsp3) is 0.818. The second kappa shape index (κ2) is 6.26. The second-order valence-electron chi connectivity index (χ2n) is 4.32. The third-order valence-electron chi connectivity index (χ3n) is 2.40. The maximum absolute atomic E-state index is 4.15. The summed E-state index contributed by atoms with van der Waals surface area (Å²) in [5.74, 6) is 0.771. The van der Waals surface area contributed by atoms with Crippen molar-refractivity contribution in [3.8, 4) is 0 Å². The SMILES string of the molecule is CCC(Br)c1cn(CCCC(C)C)nn1. The minimum atomic E-state index is 0.344. The number of hydrogen-bond acceptors (Lipinski definition) is 2. The van der Waals surface area contributed by atoms with Crippen molar-refractivity contribution in [3.63, 3.8) is 0 Å². The van der Waals surface area contributed by atoms with Gasteiger partial charge < -0.3 is 0 Å². The summed E-state index contributed by atoms with van der Waals surface area (Å²) in [6.07, 6.45) is 5.52. The first kappa shape index (κ1) is 12.7. The zero-order valence-corrected chi connectivity index (χ0v) is 11.4. The van der Waals surface area contributed by atoms with Crippen LogP contribution in [0.25, 0.3) is 0 Å². The lowest BCUT2D eigenvalue weighted by Crippen LogP contribution is -2.00. The average molecular weight is 274 g/mol. The Balaban J connectivity index is 2.39. The third kappa shape index (κ3) is 4.33. The molecule has 1 aromatic heterocycles. The van der Waals surface area contributed by atoms with Crippen LogP contribution in [0, 0.1) is 5.92 Å². The molecule has 1 unspecified atom stereocenters. The van der Waals surface area contributed by atoms with Gasteiger partial charge in [-0.05, 0) is 25.2 Å². The van der Waals surface area contributed by atoms with Gasteiger partial charge in [-0.1, -0.05) is 41.9 Å². The molecular weight excluding hydrogens is 254 g/mol. The molecule has 0 aromatic carbocycles. The van der Waals surface area contributed by atoms with Gasteiger partial charge in [0, 0.05) is 12.7 Å². The van der Waals surface area contributed by atoms with Crippen molar-refractivity contribution < 1.29 is 0 Å². The summed E-state index contributed by atoms with van der Waals surface area (Å²) in [4.78, 5) is 0.344. The summed E-state index contributed by atoms with van der Waals surface area (Å²) in [5, 5.41) is 8.27. The number of rotatable bonds is 6. The Hall–Kier alpha value is -0.380. The molecule has 0 bridgehead atoms. The lowest BCUT2D eigenvalue weighted by molar-refractivity contribution is 0.482. The largest absolute Gasteiger partial charge is 0.252 e. The zero-order valence-electron chi connectivity index (χ0n) is 9.78. The van der Waals surface area contributed by atoms with Crippen LogP contribution in [0.2, 0.25) is 0 Å². The molecule has 1 heterocycles. The van der Waals surface area contributed by atoms with Gasteiger partial charge in [-0.15, -0.1) is 5.10 Å². The summed E-state index contributed by atoms with van der Waals surface area (Å²) < 4.78 is 1.95. The minimum Gasteiger partial charge on any atom is -0.252 e. The molecule has 1 atom stereocenters. The zero-order chi connectivity index (χ0) is 11.3. The van der Waals surface area contributed by atoms with Crippen molar-refractivity contribution in [1.82, 2.24) is 15.0 Å². The van der Waals surface area contributed by atoms with E-state index in [1.807, 2.05) is 10.9 Å². The van der Waals surface area contributed by atoms with E-state index in [1.54, 1.807) is 0 Å². The first-order valence-electron chi connectivity index (χ1n) is 5.67. The van der Waals surface area contributed by atoms with E-state index in [4.69, 9.17) is 0 Å². The number of hydrogen-bond donors (Lipinski definition) is 0. The minimum absolute atomic E-state index is 0.344. The number of aryl methyl sites for hydroxylation is 1. The number of nitrogens with zero attached hydrogens (tertiary/aromatic N) is 3. The summed E-state index contributed by atoms with van der Waals surface area (Å²) >= 11 is 3.57. The summed E-state index contributed by atoms with van der Waals surface area (Å²) in [5.41, 5.74) is 1.04. The van der Waals surface area contributed by atoms with E-state index in [2.05, 4.69) is 47.0 Å². The molecule has 0 aliphatic heterocycles. The van der Waals surface area contributed by atoms with Crippen LogP contribution in [0.15, 0.2) is 6.20 Å². The van der Waals surface area contributed by atoms with Crippen LogP contribution in [0.3, 0.4) is 0 Å². The Kier molecular flexibility index (Phi) is 5.29. The van der Waals surface area contributed by atoms with E-state index in [0.29, 0.717) is 4.83 Å². The van der Waals surface area contributed by atoms with Crippen LogP contribution < -0.4 is 0 Å². The van der Waals surface area contributed by atoms with Gasteiger partial charge in [0.05, 0.1) is 10.5 Å². The van der Waals surface area contributed by atoms with Crippen molar-refractivity contribution >= 4 is 15.9 Å². The predicted octanol–water partition coefficient (Wildman–Crippen LogP) is 3.56. The average Bonchev–Trinajstić information content (AvgIpc) is 2.65. The van der Waals surface area contributed by atoms with Crippen molar-refractivity contribution in [2.75, 3.05) is 0 Å². The van der Waals surface area contributed by atoms with Gasteiger partial charge in [0.2, 0.25) is 0 Å². The molecule has 0 fully saturated rings. The van der Waals surface area contributed by atoms with Crippen molar-refractivity contribution in [2.24, 2.45) is 5.92 Å². The van der Waals surface area contributed by atoms with E-state index in [0.717, 1.165) is 24.6 Å². The highest BCUT2D eigenvalue weighted by Crippen LogP contribution is 2.23. The van der Waals surface area contributed by atoms with Crippen LogP contribution in [-0.4, -0.2) is 15.0 Å². The lowest BCUT2D eigenvalue weighted by Gasteiger charge is -2.03. The highest BCUT2D eigenvalue weighted by molar-refractivity contribution is 9.09. The highest BCUT2D eigenvalue weighted by Gasteiger charge is 2.09. The molecule has 1 aromatic rings. The lowest BCUT2D eigenvalue weighted by atomic mass is 10.1. The van der Waals surface area contributed by atoms with Gasteiger partial charge in [0.25, 0.3) is 0 Å². The predicted molar refractivity (Wildman–Crippen MR) is 66.1 cm³/mol. The van der Waals surface area contributed by atoms with E-state index in [-0.39, 0.29) is 0 Å². The topological polar surface area (TPSA) is 30.7 Å². The van der Waals surface area contributed by atoms with Gasteiger partial charge in [-0.3, -0.25) is 4.68 Å². The molecule has 0 amide bonds. The second-order valence-corrected chi connectivity index (χ2v) is 5.42. The molecule has 15 heavy (non-hydrogen) atoms. The van der Waals surface area contributed by atoms with Gasteiger partial charge in [-0.25, -0.2) is 0 Å². The Labute approximate surface area is 100 Å². The fourth-order valence-electron chi connectivity index (χ4n) is 1.44. The van der Waals surface area contributed by atoms with E-state index >= 15 is 0 Å². The Bertz CT molecular complexity index is 283. The Morgan fingerprint density at radius 3 is 2.80 bits per heavy atom. The van der Waals surface area contributed by atoms with Gasteiger partial charge in [-0.2, -0.15) is 0 Å². The van der Waals surface area contributed by atoms with Crippen LogP contribution in [0.1, 0.15) is 50.6 Å². The smallest absolute Gasteiger partial charge is 0.0963 e. The van der Waals surface area contributed by atoms with Crippen molar-refractivity contribution in [2.45, 2.75) is 51.4 Å². The highest BCUT2D eigenvalue weighted by atomic mass is 79.9. The van der Waals surface area contributed by atoms with Crippen molar-refractivity contribution in [1.29, 1.82) is 0 Å². The third-order valence-corrected chi connectivity index (χ3v) is 3.52. The van der Waals surface area contributed by atoms with E-state index in [9.17, 15) is 0 Å². The monoisotopic (exact) mass is 273 g/mol. The number of aromatic nitrogens is 3. The molecule has 0 spiro atoms. The first-order chi connectivity index (χ1) is 7.13. The summed E-state index contributed by atoms with van der Waals surface area (Å²) in [7, 11) is 0. The van der Waals surface area contributed by atoms with Gasteiger partial charge >= 0.3 is 0 Å². The maximum Gasteiger partial charge on any atom is 0.0963 e. The van der Waals surface area contributed by atoms with Crippen molar-refractivity contribution in [3.05, 3.63) is 11.9 Å².